The lowest BCUT2D eigenvalue weighted by atomic mass is 9.58. The predicted molar refractivity (Wildman–Crippen MR) is 164 cm³/mol. The van der Waals surface area contributed by atoms with Gasteiger partial charge in [-0.3, -0.25) is 4.79 Å². The van der Waals surface area contributed by atoms with Crippen LogP contribution in [0.3, 0.4) is 0 Å². The van der Waals surface area contributed by atoms with Crippen molar-refractivity contribution >= 4 is 5.78 Å². The second-order valence-corrected chi connectivity index (χ2v) is 12.9. The van der Waals surface area contributed by atoms with Crippen molar-refractivity contribution in [3.8, 4) is 5.75 Å². The van der Waals surface area contributed by atoms with Crippen molar-refractivity contribution in [1.82, 2.24) is 4.90 Å². The second-order valence-electron chi connectivity index (χ2n) is 12.9. The third-order valence-electron chi connectivity index (χ3n) is 10.5. The summed E-state index contributed by atoms with van der Waals surface area (Å²) in [5, 5.41) is 0. The average molecular weight is 540 g/mol. The molecule has 2 atom stereocenters. The summed E-state index contributed by atoms with van der Waals surface area (Å²) in [7, 11) is 1.66. The molecule has 0 radical (unpaired) electrons. The number of benzene rings is 1. The first-order valence-corrected chi connectivity index (χ1v) is 15.4. The maximum absolute atomic E-state index is 13.5. The minimum absolute atomic E-state index is 0.0247. The SMILES string of the molecule is COc1ccc2c(c1)C(=O)/C(=C\C=C1/N(C(C)C)C3=C4C=CC=C5C=CC6=CC=CC(=C3C13CCCCC3)C6C54)C2. The third-order valence-corrected chi connectivity index (χ3v) is 10.5. The molecule has 2 unspecified atom stereocenters. The highest BCUT2D eigenvalue weighted by Crippen LogP contribution is 2.65. The summed E-state index contributed by atoms with van der Waals surface area (Å²) in [4.78, 5) is 16.2. The van der Waals surface area contributed by atoms with Gasteiger partial charge in [-0.15, -0.1) is 0 Å². The fourth-order valence-electron chi connectivity index (χ4n) is 8.80. The van der Waals surface area contributed by atoms with Gasteiger partial charge >= 0.3 is 0 Å². The highest BCUT2D eigenvalue weighted by atomic mass is 16.5. The molecule has 206 valence electrons. The Kier molecular flexibility index (Phi) is 5.51. The molecule has 2 fully saturated rings. The molecule has 1 saturated heterocycles. The number of ketones is 1. The summed E-state index contributed by atoms with van der Waals surface area (Å²) in [6, 6.07) is 6.21. The first-order chi connectivity index (χ1) is 20.0. The smallest absolute Gasteiger partial charge is 0.189 e. The molecule has 3 nitrogen and oxygen atoms in total. The minimum atomic E-state index is -0.0247. The van der Waals surface area contributed by atoms with Crippen LogP contribution in [0.5, 0.6) is 5.75 Å². The monoisotopic (exact) mass is 539 g/mol. The van der Waals surface area contributed by atoms with Crippen LogP contribution in [0.4, 0.5) is 0 Å². The van der Waals surface area contributed by atoms with Gasteiger partial charge in [0.1, 0.15) is 5.75 Å². The number of hydrogen-bond donors (Lipinski definition) is 0. The molecule has 0 N–H and O–H groups in total. The Hall–Kier alpha value is -3.85. The highest BCUT2D eigenvalue weighted by molar-refractivity contribution is 6.13. The molecule has 0 aromatic heterocycles. The van der Waals surface area contributed by atoms with Crippen LogP contribution in [0.25, 0.3) is 0 Å². The van der Waals surface area contributed by atoms with Gasteiger partial charge in [0.2, 0.25) is 0 Å². The number of methoxy groups -OCH3 is 1. The Morgan fingerprint density at radius 1 is 0.927 bits per heavy atom. The summed E-state index contributed by atoms with van der Waals surface area (Å²) >= 11 is 0. The van der Waals surface area contributed by atoms with Crippen molar-refractivity contribution in [2.75, 3.05) is 7.11 Å². The number of hydrogen-bond acceptors (Lipinski definition) is 3. The zero-order valence-corrected chi connectivity index (χ0v) is 24.2. The number of ether oxygens (including phenoxy) is 1. The summed E-state index contributed by atoms with van der Waals surface area (Å²) < 4.78 is 5.42. The summed E-state index contributed by atoms with van der Waals surface area (Å²) in [6.45, 7) is 4.67. The Morgan fingerprint density at radius 3 is 2.34 bits per heavy atom. The molecule has 1 spiro atoms. The molecular weight excluding hydrogens is 502 g/mol. The van der Waals surface area contributed by atoms with E-state index in [1.807, 2.05) is 18.2 Å². The molecule has 1 aliphatic heterocycles. The van der Waals surface area contributed by atoms with E-state index < -0.39 is 0 Å². The van der Waals surface area contributed by atoms with Crippen LogP contribution in [-0.4, -0.2) is 23.8 Å². The van der Waals surface area contributed by atoms with Crippen LogP contribution in [0.1, 0.15) is 61.9 Å². The van der Waals surface area contributed by atoms with Crippen LogP contribution in [0.15, 0.2) is 124 Å². The molecule has 41 heavy (non-hydrogen) atoms. The fraction of sp³-hybridized carbons (Fsp3) is 0.342. The number of rotatable bonds is 3. The van der Waals surface area contributed by atoms with E-state index in [-0.39, 0.29) is 11.2 Å². The van der Waals surface area contributed by atoms with E-state index in [1.54, 1.807) is 12.7 Å². The Balaban J connectivity index is 1.34. The minimum Gasteiger partial charge on any atom is -0.497 e. The maximum atomic E-state index is 13.5. The van der Waals surface area contributed by atoms with Gasteiger partial charge in [0.15, 0.2) is 5.78 Å². The van der Waals surface area contributed by atoms with Crippen molar-refractivity contribution in [2.45, 2.75) is 58.4 Å². The first-order valence-electron chi connectivity index (χ1n) is 15.4. The van der Waals surface area contributed by atoms with Gasteiger partial charge in [-0.05, 0) is 78.3 Å². The van der Waals surface area contributed by atoms with E-state index in [0.29, 0.717) is 24.3 Å². The van der Waals surface area contributed by atoms with Crippen LogP contribution >= 0.6 is 0 Å². The molecule has 3 heteroatoms. The lowest BCUT2D eigenvalue weighted by molar-refractivity contribution is 0.103. The van der Waals surface area contributed by atoms with Crippen LogP contribution < -0.4 is 4.74 Å². The summed E-state index contributed by atoms with van der Waals surface area (Å²) in [5.74, 6) is 1.64. The quantitative estimate of drug-likeness (QED) is 0.362. The number of likely N-dealkylation sites (tertiary alicyclic amines) is 1. The zero-order chi connectivity index (χ0) is 27.9. The van der Waals surface area contributed by atoms with Crippen LogP contribution in [-0.2, 0) is 6.42 Å². The van der Waals surface area contributed by atoms with E-state index in [9.17, 15) is 4.79 Å². The molecule has 1 aromatic carbocycles. The molecule has 8 rings (SSSR count). The lowest BCUT2D eigenvalue weighted by Gasteiger charge is -2.45. The number of nitrogens with zero attached hydrogens (tertiary/aromatic N) is 1. The maximum Gasteiger partial charge on any atom is 0.189 e. The Labute approximate surface area is 243 Å². The van der Waals surface area contributed by atoms with Gasteiger partial charge in [-0.25, -0.2) is 0 Å². The summed E-state index contributed by atoms with van der Waals surface area (Å²) in [6.07, 6.45) is 30.0. The van der Waals surface area contributed by atoms with Crippen molar-refractivity contribution in [3.05, 3.63) is 135 Å². The molecule has 0 bridgehead atoms. The van der Waals surface area contributed by atoms with Crippen molar-refractivity contribution in [2.24, 2.45) is 17.3 Å². The predicted octanol–water partition coefficient (Wildman–Crippen LogP) is 8.28. The molecule has 7 aliphatic rings. The van der Waals surface area contributed by atoms with Crippen molar-refractivity contribution in [1.29, 1.82) is 0 Å². The second kappa shape index (κ2) is 9.08. The number of Topliss-reactive ketones (excluding diaryl/α,β-unsaturated/α-hetero) is 1. The molecule has 6 aliphatic carbocycles. The van der Waals surface area contributed by atoms with Gasteiger partial charge in [0, 0.05) is 52.2 Å². The average Bonchev–Trinajstić information content (AvgIpc) is 3.46. The molecule has 1 heterocycles. The molecular formula is C38H37NO2. The first kappa shape index (κ1) is 24.9. The van der Waals surface area contributed by atoms with Gasteiger partial charge in [0.05, 0.1) is 7.11 Å². The standard InChI is InChI=1S/C38H37NO2/c1-23(2)39-32(18-16-27-21-26-15-17-28(41-3)22-31(26)37(27)40)38(19-5-4-6-20-38)35-29-11-7-9-24-13-14-25-10-8-12-30(36(35)39)34(25)33(24)29/h7-18,22-23,33-34H,4-6,19-21H2,1-3H3/b27-16-,32-18-. The third kappa shape index (κ3) is 3.41. The molecule has 0 amide bonds. The number of fused-ring (bicyclic) bond motifs is 3. The van der Waals surface area contributed by atoms with Gasteiger partial charge < -0.3 is 9.64 Å². The number of carbonyl (C=O) groups excluding carboxylic acids is 1. The van der Waals surface area contributed by atoms with Crippen LogP contribution in [0, 0.1) is 17.3 Å². The van der Waals surface area contributed by atoms with E-state index >= 15 is 0 Å². The summed E-state index contributed by atoms with van der Waals surface area (Å²) in [5.41, 5.74) is 13.0. The zero-order valence-electron chi connectivity index (χ0n) is 24.2. The highest BCUT2D eigenvalue weighted by Gasteiger charge is 2.56. The Bertz CT molecular complexity index is 1670. The lowest BCUT2D eigenvalue weighted by Crippen LogP contribution is -2.35. The van der Waals surface area contributed by atoms with Gasteiger partial charge in [-0.1, -0.05) is 80.0 Å². The van der Waals surface area contributed by atoms with Gasteiger partial charge in [0.25, 0.3) is 0 Å². The Morgan fingerprint density at radius 2 is 1.63 bits per heavy atom. The van der Waals surface area contributed by atoms with E-state index in [4.69, 9.17) is 4.74 Å². The fourth-order valence-corrected chi connectivity index (χ4v) is 8.80. The topological polar surface area (TPSA) is 29.5 Å². The number of carbonyl (C=O) groups is 1. The van der Waals surface area contributed by atoms with E-state index in [1.165, 1.54) is 65.8 Å². The van der Waals surface area contributed by atoms with Crippen molar-refractivity contribution < 1.29 is 9.53 Å². The largest absolute Gasteiger partial charge is 0.497 e. The van der Waals surface area contributed by atoms with E-state index in [0.717, 1.165) is 22.4 Å². The van der Waals surface area contributed by atoms with E-state index in [2.05, 4.69) is 79.5 Å². The molecule has 1 aromatic rings. The number of allylic oxidation sites excluding steroid dienone is 17. The molecule has 1 saturated carbocycles. The van der Waals surface area contributed by atoms with Crippen LogP contribution in [0.2, 0.25) is 0 Å². The normalized spacial score (nSPS) is 28.6. The van der Waals surface area contributed by atoms with Crippen molar-refractivity contribution in [3.63, 3.8) is 0 Å². The van der Waals surface area contributed by atoms with Gasteiger partial charge in [-0.2, -0.15) is 0 Å².